The molecular weight excluding hydrogens is 313 g/mol. The second-order valence-corrected chi connectivity index (χ2v) is 4.15. The standard InChI is InChI=1S/C12H10BrF3O2/c1-2-18-11(17)9(12(14,15)16)7-8-5-3-4-6-10(8)13/h3-7H,2H2,1H3. The molecule has 0 radical (unpaired) electrons. The molecule has 0 aliphatic carbocycles. The van der Waals surface area contributed by atoms with E-state index in [1.807, 2.05) is 0 Å². The molecule has 1 rings (SSSR count). The van der Waals surface area contributed by atoms with Gasteiger partial charge in [-0.1, -0.05) is 34.1 Å². The number of hydrogen-bond acceptors (Lipinski definition) is 2. The first kappa shape index (κ1) is 14.8. The molecule has 1 aromatic carbocycles. The van der Waals surface area contributed by atoms with Crippen LogP contribution in [0.2, 0.25) is 0 Å². The van der Waals surface area contributed by atoms with Crippen LogP contribution in [-0.2, 0) is 9.53 Å². The van der Waals surface area contributed by atoms with Gasteiger partial charge in [0.25, 0.3) is 0 Å². The van der Waals surface area contributed by atoms with Gasteiger partial charge in [-0.2, -0.15) is 13.2 Å². The number of carbonyl (C=O) groups excluding carboxylic acids is 1. The van der Waals surface area contributed by atoms with Crippen molar-refractivity contribution in [2.45, 2.75) is 13.1 Å². The van der Waals surface area contributed by atoms with Crippen LogP contribution in [0.15, 0.2) is 34.3 Å². The van der Waals surface area contributed by atoms with Crippen LogP contribution in [0.3, 0.4) is 0 Å². The lowest BCUT2D eigenvalue weighted by atomic mass is 10.1. The molecule has 0 fully saturated rings. The van der Waals surface area contributed by atoms with Crippen LogP contribution in [0.4, 0.5) is 13.2 Å². The summed E-state index contributed by atoms with van der Waals surface area (Å²) in [5.74, 6) is -1.37. The van der Waals surface area contributed by atoms with Crippen molar-refractivity contribution in [3.63, 3.8) is 0 Å². The largest absolute Gasteiger partial charge is 0.462 e. The molecule has 1 aromatic rings. The minimum Gasteiger partial charge on any atom is -0.462 e. The maximum Gasteiger partial charge on any atom is 0.423 e. The lowest BCUT2D eigenvalue weighted by Gasteiger charge is -2.11. The van der Waals surface area contributed by atoms with Crippen molar-refractivity contribution in [2.24, 2.45) is 0 Å². The molecule has 0 atom stereocenters. The van der Waals surface area contributed by atoms with Crippen molar-refractivity contribution >= 4 is 28.0 Å². The molecule has 0 unspecified atom stereocenters. The van der Waals surface area contributed by atoms with E-state index in [1.165, 1.54) is 13.0 Å². The molecule has 0 amide bonds. The average molecular weight is 323 g/mol. The second-order valence-electron chi connectivity index (χ2n) is 3.30. The smallest absolute Gasteiger partial charge is 0.423 e. The van der Waals surface area contributed by atoms with Crippen molar-refractivity contribution in [1.29, 1.82) is 0 Å². The Bertz CT molecular complexity index is 467. The highest BCUT2D eigenvalue weighted by atomic mass is 79.9. The highest BCUT2D eigenvalue weighted by Gasteiger charge is 2.39. The van der Waals surface area contributed by atoms with Gasteiger partial charge in [-0.05, 0) is 24.6 Å². The van der Waals surface area contributed by atoms with E-state index in [1.54, 1.807) is 18.2 Å². The number of rotatable bonds is 3. The predicted molar refractivity (Wildman–Crippen MR) is 64.8 cm³/mol. The van der Waals surface area contributed by atoms with Crippen LogP contribution >= 0.6 is 15.9 Å². The van der Waals surface area contributed by atoms with E-state index in [9.17, 15) is 18.0 Å². The van der Waals surface area contributed by atoms with Gasteiger partial charge in [0.15, 0.2) is 0 Å². The van der Waals surface area contributed by atoms with E-state index >= 15 is 0 Å². The summed E-state index contributed by atoms with van der Waals surface area (Å²) in [6.45, 7) is 1.34. The first-order valence-corrected chi connectivity index (χ1v) is 5.86. The Kier molecular flexibility index (Phi) is 4.95. The predicted octanol–water partition coefficient (Wildman–Crippen LogP) is 3.96. The van der Waals surface area contributed by atoms with Crippen molar-refractivity contribution in [2.75, 3.05) is 6.61 Å². The highest BCUT2D eigenvalue weighted by molar-refractivity contribution is 9.10. The van der Waals surface area contributed by atoms with Gasteiger partial charge < -0.3 is 4.74 Å². The van der Waals surface area contributed by atoms with E-state index in [0.29, 0.717) is 4.47 Å². The first-order chi connectivity index (χ1) is 8.36. The third-order valence-corrected chi connectivity index (χ3v) is 2.73. The van der Waals surface area contributed by atoms with Crippen molar-refractivity contribution in [3.05, 3.63) is 39.9 Å². The number of halogens is 4. The molecule has 0 saturated carbocycles. The molecule has 18 heavy (non-hydrogen) atoms. The summed E-state index contributed by atoms with van der Waals surface area (Å²) in [5.41, 5.74) is -1.06. The van der Waals surface area contributed by atoms with E-state index < -0.39 is 17.7 Å². The lowest BCUT2D eigenvalue weighted by Crippen LogP contribution is -2.22. The van der Waals surface area contributed by atoms with E-state index in [4.69, 9.17) is 0 Å². The van der Waals surface area contributed by atoms with E-state index in [2.05, 4.69) is 20.7 Å². The molecule has 98 valence electrons. The molecule has 0 aliphatic rings. The van der Waals surface area contributed by atoms with Crippen LogP contribution < -0.4 is 0 Å². The van der Waals surface area contributed by atoms with Crippen LogP contribution in [0.5, 0.6) is 0 Å². The fourth-order valence-electron chi connectivity index (χ4n) is 1.21. The number of esters is 1. The van der Waals surface area contributed by atoms with Gasteiger partial charge in [-0.25, -0.2) is 4.79 Å². The number of benzene rings is 1. The minimum absolute atomic E-state index is 0.109. The van der Waals surface area contributed by atoms with Gasteiger partial charge in [0.1, 0.15) is 5.57 Å². The molecule has 0 bridgehead atoms. The Balaban J connectivity index is 3.19. The molecule has 0 spiro atoms. The van der Waals surface area contributed by atoms with Gasteiger partial charge >= 0.3 is 12.1 Å². The fraction of sp³-hybridized carbons (Fsp3) is 0.250. The van der Waals surface area contributed by atoms with Crippen LogP contribution in [0.25, 0.3) is 6.08 Å². The Morgan fingerprint density at radius 2 is 2.00 bits per heavy atom. The maximum absolute atomic E-state index is 12.7. The van der Waals surface area contributed by atoms with Crippen molar-refractivity contribution < 1.29 is 22.7 Å². The summed E-state index contributed by atoms with van der Waals surface area (Å²) in [7, 11) is 0. The summed E-state index contributed by atoms with van der Waals surface area (Å²) < 4.78 is 43.0. The monoisotopic (exact) mass is 322 g/mol. The van der Waals surface area contributed by atoms with Crippen molar-refractivity contribution in [3.8, 4) is 0 Å². The molecule has 2 nitrogen and oxygen atoms in total. The SMILES string of the molecule is CCOC(=O)C(=Cc1ccccc1Br)C(F)(F)F. The summed E-state index contributed by atoms with van der Waals surface area (Å²) in [6, 6.07) is 6.30. The molecule has 0 aromatic heterocycles. The van der Waals surface area contributed by atoms with Gasteiger partial charge in [-0.15, -0.1) is 0 Å². The van der Waals surface area contributed by atoms with E-state index in [-0.39, 0.29) is 12.2 Å². The Hall–Kier alpha value is -1.30. The van der Waals surface area contributed by atoms with Gasteiger partial charge in [0.05, 0.1) is 6.61 Å². The van der Waals surface area contributed by atoms with Crippen LogP contribution in [0, 0.1) is 0 Å². The van der Waals surface area contributed by atoms with Crippen LogP contribution in [0.1, 0.15) is 12.5 Å². The topological polar surface area (TPSA) is 26.3 Å². The maximum atomic E-state index is 12.7. The summed E-state index contributed by atoms with van der Waals surface area (Å²) in [6.07, 6.45) is -3.98. The number of hydrogen-bond donors (Lipinski definition) is 0. The third kappa shape index (κ3) is 3.87. The Morgan fingerprint density at radius 1 is 1.39 bits per heavy atom. The normalized spacial score (nSPS) is 12.4. The molecule has 0 aliphatic heterocycles. The zero-order valence-electron chi connectivity index (χ0n) is 9.42. The molecular formula is C12H10BrF3O2. The molecule has 0 heterocycles. The first-order valence-electron chi connectivity index (χ1n) is 5.06. The second kappa shape index (κ2) is 6.04. The average Bonchev–Trinajstić information content (AvgIpc) is 2.26. The third-order valence-electron chi connectivity index (χ3n) is 2.01. The Morgan fingerprint density at radius 3 is 2.50 bits per heavy atom. The molecule has 6 heteroatoms. The Labute approximate surface area is 111 Å². The quantitative estimate of drug-likeness (QED) is 0.622. The summed E-state index contributed by atoms with van der Waals surface area (Å²) in [5, 5.41) is 0. The van der Waals surface area contributed by atoms with Gasteiger partial charge in [-0.3, -0.25) is 0 Å². The molecule has 0 N–H and O–H groups in total. The summed E-state index contributed by atoms with van der Waals surface area (Å²) >= 11 is 3.12. The number of carbonyl (C=O) groups is 1. The lowest BCUT2D eigenvalue weighted by molar-refractivity contribution is -0.149. The van der Waals surface area contributed by atoms with Crippen LogP contribution in [-0.4, -0.2) is 18.8 Å². The number of ether oxygens (including phenoxy) is 1. The molecule has 0 saturated heterocycles. The fourth-order valence-corrected chi connectivity index (χ4v) is 1.61. The minimum atomic E-state index is -4.75. The van der Waals surface area contributed by atoms with E-state index in [0.717, 1.165) is 6.08 Å². The zero-order chi connectivity index (χ0) is 13.8. The van der Waals surface area contributed by atoms with Gasteiger partial charge in [0.2, 0.25) is 0 Å². The number of alkyl halides is 3. The highest BCUT2D eigenvalue weighted by Crippen LogP contribution is 2.30. The van der Waals surface area contributed by atoms with Gasteiger partial charge in [0, 0.05) is 4.47 Å². The van der Waals surface area contributed by atoms with Crippen molar-refractivity contribution in [1.82, 2.24) is 0 Å². The zero-order valence-corrected chi connectivity index (χ0v) is 11.0. The summed E-state index contributed by atoms with van der Waals surface area (Å²) in [4.78, 5) is 11.3.